The zero-order chi connectivity index (χ0) is 24.1. The fourth-order valence-electron chi connectivity index (χ4n) is 3.55. The van der Waals surface area contributed by atoms with Gasteiger partial charge in [-0.1, -0.05) is 116 Å². The Bertz CT molecular complexity index is 1080. The molecule has 2 aliphatic rings. The van der Waals surface area contributed by atoms with Crippen LogP contribution in [0.5, 0.6) is 0 Å². The van der Waals surface area contributed by atoms with Gasteiger partial charge in [-0.2, -0.15) is 0 Å². The number of amides is 2. The number of nitrogens with zero attached hydrogens (tertiary/aromatic N) is 3. The molecule has 2 saturated heterocycles. The van der Waals surface area contributed by atoms with E-state index in [0.29, 0.717) is 38.3 Å². The van der Waals surface area contributed by atoms with Gasteiger partial charge in [0.15, 0.2) is 0 Å². The predicted molar refractivity (Wildman–Crippen MR) is 150 cm³/mol. The molecule has 0 aromatic heterocycles. The minimum Gasteiger partial charge on any atom is -0.279 e. The van der Waals surface area contributed by atoms with E-state index < -0.39 is 0 Å². The lowest BCUT2D eigenvalue weighted by Gasteiger charge is -2.30. The molecule has 0 atom stereocenters. The molecule has 2 fully saturated rings. The Labute approximate surface area is 218 Å². The Morgan fingerprint density at radius 3 is 1.56 bits per heavy atom. The first kappa shape index (κ1) is 24.8. The van der Waals surface area contributed by atoms with Gasteiger partial charge in [0.05, 0.1) is 23.1 Å². The quantitative estimate of drug-likeness (QED) is 0.337. The molecule has 0 N–H and O–H groups in total. The molecule has 5 nitrogen and oxygen atoms in total. The van der Waals surface area contributed by atoms with Gasteiger partial charge in [-0.3, -0.25) is 24.3 Å². The van der Waals surface area contributed by atoms with Crippen LogP contribution in [-0.2, 0) is 9.59 Å². The highest BCUT2D eigenvalue weighted by atomic mass is 32.2. The molecule has 0 unspecified atom stereocenters. The van der Waals surface area contributed by atoms with Crippen LogP contribution in [0, 0.1) is 0 Å². The van der Waals surface area contributed by atoms with Crippen molar-refractivity contribution in [2.45, 2.75) is 13.3 Å². The van der Waals surface area contributed by atoms with Crippen LogP contribution >= 0.6 is 48.0 Å². The molecule has 4 rings (SSSR count). The molecule has 9 heteroatoms. The van der Waals surface area contributed by atoms with Crippen molar-refractivity contribution < 1.29 is 9.59 Å². The number of benzene rings is 2. The van der Waals surface area contributed by atoms with E-state index in [-0.39, 0.29) is 11.8 Å². The molecule has 2 aromatic rings. The topological polar surface area (TPSA) is 43.9 Å². The van der Waals surface area contributed by atoms with Gasteiger partial charge in [-0.15, -0.1) is 0 Å². The molecule has 2 aliphatic heterocycles. The zero-order valence-corrected chi connectivity index (χ0v) is 21.8. The first-order valence-corrected chi connectivity index (χ1v) is 13.2. The summed E-state index contributed by atoms with van der Waals surface area (Å²) in [5, 5.41) is 0. The molecule has 174 valence electrons. The van der Waals surface area contributed by atoms with Gasteiger partial charge in [0.2, 0.25) is 0 Å². The second-order valence-electron chi connectivity index (χ2n) is 7.72. The Morgan fingerprint density at radius 1 is 0.765 bits per heavy atom. The number of hydrogen-bond donors (Lipinski definition) is 0. The van der Waals surface area contributed by atoms with Crippen LogP contribution in [0.2, 0.25) is 0 Å². The molecule has 2 aromatic carbocycles. The lowest BCUT2D eigenvalue weighted by molar-refractivity contribution is -0.125. The average Bonchev–Trinajstić information content (AvgIpc) is 3.24. The van der Waals surface area contributed by atoms with E-state index in [9.17, 15) is 9.59 Å². The maximum Gasteiger partial charge on any atom is 0.267 e. The second kappa shape index (κ2) is 11.4. The van der Waals surface area contributed by atoms with Crippen molar-refractivity contribution in [3.05, 3.63) is 81.6 Å². The largest absolute Gasteiger partial charge is 0.279 e. The highest BCUT2D eigenvalue weighted by molar-refractivity contribution is 8.27. The van der Waals surface area contributed by atoms with Crippen LogP contribution in [0.4, 0.5) is 0 Å². The van der Waals surface area contributed by atoms with E-state index in [1.54, 1.807) is 9.80 Å². The van der Waals surface area contributed by atoms with Crippen molar-refractivity contribution in [2.24, 2.45) is 0 Å². The number of hydrogen-bond acceptors (Lipinski definition) is 7. The summed E-state index contributed by atoms with van der Waals surface area (Å²) in [5.41, 5.74) is 1.91. The van der Waals surface area contributed by atoms with Crippen LogP contribution in [0.15, 0.2) is 70.5 Å². The van der Waals surface area contributed by atoms with Gasteiger partial charge >= 0.3 is 0 Å². The highest BCUT2D eigenvalue weighted by Gasteiger charge is 2.36. The average molecular weight is 526 g/mol. The first-order chi connectivity index (χ1) is 16.5. The zero-order valence-electron chi connectivity index (χ0n) is 18.5. The van der Waals surface area contributed by atoms with Crippen LogP contribution in [0.1, 0.15) is 24.5 Å². The van der Waals surface area contributed by atoms with Crippen molar-refractivity contribution >= 4 is 80.6 Å². The normalized spacial score (nSPS) is 18.9. The maximum atomic E-state index is 13.1. The van der Waals surface area contributed by atoms with Crippen molar-refractivity contribution in [1.82, 2.24) is 14.7 Å². The summed E-state index contributed by atoms with van der Waals surface area (Å²) in [6, 6.07) is 19.4. The molecular formula is C25H23N3O2S4. The standard InChI is InChI=1S/C25H23N3O2S4/c1-2-13-26(16-27-22(29)20(33-24(27)31)14-18-9-5-3-6-10-18)17-28-23(30)21(34-25(28)32)15-19-11-7-4-8-12-19/h3-12,14-15H,2,13,16-17H2,1H3/b20-14-,21-15-. The summed E-state index contributed by atoms with van der Waals surface area (Å²) in [6.07, 6.45) is 4.59. The smallest absolute Gasteiger partial charge is 0.267 e. The maximum absolute atomic E-state index is 13.1. The number of rotatable bonds is 8. The van der Waals surface area contributed by atoms with Crippen molar-refractivity contribution in [2.75, 3.05) is 19.9 Å². The number of thiocarbonyl (C=S) groups is 2. The summed E-state index contributed by atoms with van der Waals surface area (Å²) in [5.74, 6) is -0.233. The van der Waals surface area contributed by atoms with Crippen LogP contribution < -0.4 is 0 Å². The van der Waals surface area contributed by atoms with Crippen molar-refractivity contribution in [3.63, 3.8) is 0 Å². The van der Waals surface area contributed by atoms with Gasteiger partial charge in [0.1, 0.15) is 8.64 Å². The van der Waals surface area contributed by atoms with Gasteiger partial charge < -0.3 is 0 Å². The molecule has 34 heavy (non-hydrogen) atoms. The third-order valence-electron chi connectivity index (χ3n) is 5.16. The SMILES string of the molecule is CCCN(CN1C(=O)/C(=C/c2ccccc2)SC1=S)CN1C(=O)/C(=C/c2ccccc2)SC1=S. The monoisotopic (exact) mass is 525 g/mol. The highest BCUT2D eigenvalue weighted by Crippen LogP contribution is 2.34. The Hall–Kier alpha value is -2.30. The Balaban J connectivity index is 1.46. The third kappa shape index (κ3) is 5.84. The predicted octanol–water partition coefficient (Wildman–Crippen LogP) is 5.42. The molecule has 2 heterocycles. The van der Waals surface area contributed by atoms with Crippen molar-refractivity contribution in [3.8, 4) is 0 Å². The number of thioether (sulfide) groups is 2. The van der Waals surface area contributed by atoms with Crippen LogP contribution in [-0.4, -0.2) is 55.0 Å². The summed E-state index contributed by atoms with van der Waals surface area (Å²) in [7, 11) is 0. The van der Waals surface area contributed by atoms with E-state index in [4.69, 9.17) is 24.4 Å². The van der Waals surface area contributed by atoms with Gasteiger partial charge in [0, 0.05) is 6.54 Å². The van der Waals surface area contributed by atoms with Gasteiger partial charge in [-0.05, 0) is 29.7 Å². The number of carbonyl (C=O) groups excluding carboxylic acids is 2. The van der Waals surface area contributed by atoms with Crippen LogP contribution in [0.3, 0.4) is 0 Å². The first-order valence-electron chi connectivity index (χ1n) is 10.8. The summed E-state index contributed by atoms with van der Waals surface area (Å²) < 4.78 is 1.03. The Kier molecular flexibility index (Phi) is 8.33. The van der Waals surface area contributed by atoms with E-state index in [2.05, 4.69) is 6.92 Å². The molecule has 0 radical (unpaired) electrons. The number of carbonyl (C=O) groups is 2. The minimum atomic E-state index is -0.116. The molecule has 0 aliphatic carbocycles. The lowest BCUT2D eigenvalue weighted by Crippen LogP contribution is -2.47. The third-order valence-corrected chi connectivity index (χ3v) is 7.92. The molecule has 0 saturated carbocycles. The van der Waals surface area contributed by atoms with Gasteiger partial charge in [0.25, 0.3) is 11.8 Å². The molecule has 0 spiro atoms. The lowest BCUT2D eigenvalue weighted by atomic mass is 10.2. The Morgan fingerprint density at radius 2 is 1.18 bits per heavy atom. The van der Waals surface area contributed by atoms with E-state index in [1.807, 2.05) is 77.7 Å². The van der Waals surface area contributed by atoms with Gasteiger partial charge in [-0.25, -0.2) is 0 Å². The van der Waals surface area contributed by atoms with E-state index >= 15 is 0 Å². The molecular weight excluding hydrogens is 503 g/mol. The molecule has 0 bridgehead atoms. The summed E-state index contributed by atoms with van der Waals surface area (Å²) >= 11 is 13.6. The second-order valence-corrected chi connectivity index (χ2v) is 11.1. The fourth-order valence-corrected chi connectivity index (χ4v) is 6.03. The van der Waals surface area contributed by atoms with Crippen molar-refractivity contribution in [1.29, 1.82) is 0 Å². The minimum absolute atomic E-state index is 0.116. The fraction of sp³-hybridized carbons (Fsp3) is 0.200. The van der Waals surface area contributed by atoms with Crippen LogP contribution in [0.25, 0.3) is 12.2 Å². The molecule has 2 amide bonds. The van der Waals surface area contributed by atoms with E-state index in [1.165, 1.54) is 23.5 Å². The van der Waals surface area contributed by atoms with E-state index in [0.717, 1.165) is 17.5 Å². The summed E-state index contributed by atoms with van der Waals surface area (Å²) in [4.78, 5) is 32.6. The summed E-state index contributed by atoms with van der Waals surface area (Å²) in [6.45, 7) is 3.37.